The molecule has 2 aromatic rings. The van der Waals surface area contributed by atoms with Crippen LogP contribution in [0.3, 0.4) is 0 Å². The largest absolute Gasteiger partial charge is 0.497 e. The van der Waals surface area contributed by atoms with Crippen molar-refractivity contribution in [2.24, 2.45) is 5.73 Å². The zero-order valence-corrected chi connectivity index (χ0v) is 17.8. The Labute approximate surface area is 169 Å². The highest BCUT2D eigenvalue weighted by molar-refractivity contribution is 7.46. The predicted molar refractivity (Wildman–Crippen MR) is 111 cm³/mol. The molecule has 0 saturated heterocycles. The lowest BCUT2D eigenvalue weighted by Crippen LogP contribution is -2.41. The minimum Gasteiger partial charge on any atom is -0.497 e. The van der Waals surface area contributed by atoms with Gasteiger partial charge in [-0.25, -0.2) is 4.57 Å². The molecule has 0 fully saturated rings. The van der Waals surface area contributed by atoms with Crippen molar-refractivity contribution < 1.29 is 23.6 Å². The molecule has 0 spiro atoms. The van der Waals surface area contributed by atoms with Crippen LogP contribution >= 0.6 is 19.2 Å². The fraction of sp³-hybridized carbons (Fsp3) is 0.400. The van der Waals surface area contributed by atoms with E-state index in [1.54, 1.807) is 25.4 Å². The van der Waals surface area contributed by atoms with Crippen molar-refractivity contribution in [2.45, 2.75) is 38.1 Å². The number of benzene rings is 1. The maximum Gasteiger partial charge on any atom is 0.469 e. The lowest BCUT2D eigenvalue weighted by Gasteiger charge is -2.24. The van der Waals surface area contributed by atoms with Crippen LogP contribution < -0.4 is 10.5 Å². The third-order valence-electron chi connectivity index (χ3n) is 4.08. The second kappa shape index (κ2) is 10.2. The summed E-state index contributed by atoms with van der Waals surface area (Å²) in [6, 6.07) is 12.0. The van der Waals surface area contributed by atoms with Gasteiger partial charge >= 0.3 is 7.82 Å². The average molecular weight is 423 g/mol. The molecule has 0 bridgehead atoms. The van der Waals surface area contributed by atoms with Gasteiger partial charge in [-0.15, -0.1) is 11.3 Å². The summed E-state index contributed by atoms with van der Waals surface area (Å²) in [6.45, 7) is 1.52. The molecule has 0 saturated carbocycles. The zero-order valence-electron chi connectivity index (χ0n) is 16.1. The predicted octanol–water partition coefficient (Wildman–Crippen LogP) is 3.50. The average Bonchev–Trinajstić information content (AvgIpc) is 3.10. The standard InChI is InChI=1S/C20H26NO5PS/c1-20(21,15-26-27(22,23)24)14-13-19-12-11-18(28-19)6-4-3-5-16-7-9-17(25-2)10-8-16/h7-12H,3,5,13-15,21H2,1-2H3,(H2,22,23,24). The Morgan fingerprint density at radius 1 is 1.18 bits per heavy atom. The van der Waals surface area contributed by atoms with Crippen LogP contribution in [0.4, 0.5) is 0 Å². The van der Waals surface area contributed by atoms with Crippen molar-refractivity contribution in [1.82, 2.24) is 0 Å². The number of methoxy groups -OCH3 is 1. The van der Waals surface area contributed by atoms with Gasteiger partial charge in [0, 0.05) is 16.8 Å². The molecule has 1 heterocycles. The highest BCUT2D eigenvalue weighted by Gasteiger charge is 2.24. The second-order valence-corrected chi connectivity index (χ2v) is 9.24. The Hall–Kier alpha value is -1.65. The van der Waals surface area contributed by atoms with E-state index in [1.807, 2.05) is 36.4 Å². The summed E-state index contributed by atoms with van der Waals surface area (Å²) < 4.78 is 20.5. The molecule has 0 aliphatic rings. The zero-order chi connectivity index (χ0) is 20.6. The van der Waals surface area contributed by atoms with Gasteiger partial charge in [-0.3, -0.25) is 4.52 Å². The van der Waals surface area contributed by atoms with Crippen molar-refractivity contribution in [2.75, 3.05) is 13.7 Å². The first kappa shape index (κ1) is 22.6. The summed E-state index contributed by atoms with van der Waals surface area (Å²) in [7, 11) is -2.85. The smallest absolute Gasteiger partial charge is 0.469 e. The van der Waals surface area contributed by atoms with Crippen LogP contribution in [0.15, 0.2) is 36.4 Å². The molecule has 0 aliphatic heterocycles. The van der Waals surface area contributed by atoms with Crippen LogP contribution in [0.25, 0.3) is 0 Å². The molecule has 6 nitrogen and oxygen atoms in total. The molecule has 28 heavy (non-hydrogen) atoms. The van der Waals surface area contributed by atoms with Gasteiger partial charge in [0.15, 0.2) is 0 Å². The van der Waals surface area contributed by atoms with Crippen LogP contribution in [0.2, 0.25) is 0 Å². The van der Waals surface area contributed by atoms with E-state index in [0.717, 1.165) is 28.3 Å². The Balaban J connectivity index is 1.79. The molecule has 2 rings (SSSR count). The van der Waals surface area contributed by atoms with E-state index >= 15 is 0 Å². The summed E-state index contributed by atoms with van der Waals surface area (Å²) in [6.07, 6.45) is 2.92. The number of thiophene rings is 1. The Bertz CT molecular complexity index is 861. The summed E-state index contributed by atoms with van der Waals surface area (Å²) in [5, 5.41) is 0. The quantitative estimate of drug-likeness (QED) is 0.421. The number of hydrogen-bond donors (Lipinski definition) is 3. The van der Waals surface area contributed by atoms with Crippen molar-refractivity contribution in [1.29, 1.82) is 0 Å². The highest BCUT2D eigenvalue weighted by Crippen LogP contribution is 2.37. The number of aryl methyl sites for hydroxylation is 2. The lowest BCUT2D eigenvalue weighted by atomic mass is 9.98. The van der Waals surface area contributed by atoms with Crippen molar-refractivity contribution >= 4 is 19.2 Å². The van der Waals surface area contributed by atoms with Crippen LogP contribution in [-0.2, 0) is 21.9 Å². The lowest BCUT2D eigenvalue weighted by molar-refractivity contribution is 0.154. The molecule has 0 amide bonds. The van der Waals surface area contributed by atoms with Crippen LogP contribution in [0.1, 0.15) is 35.1 Å². The Morgan fingerprint density at radius 2 is 1.89 bits per heavy atom. The van der Waals surface area contributed by atoms with Gasteiger partial charge in [0.2, 0.25) is 0 Å². The van der Waals surface area contributed by atoms with Gasteiger partial charge in [0.1, 0.15) is 5.75 Å². The van der Waals surface area contributed by atoms with E-state index in [9.17, 15) is 4.57 Å². The van der Waals surface area contributed by atoms with Gasteiger partial charge in [0.05, 0.1) is 18.6 Å². The van der Waals surface area contributed by atoms with Crippen molar-refractivity contribution in [3.8, 4) is 17.6 Å². The van der Waals surface area contributed by atoms with E-state index in [4.69, 9.17) is 20.3 Å². The molecule has 4 N–H and O–H groups in total. The fourth-order valence-corrected chi connectivity index (χ4v) is 3.79. The topological polar surface area (TPSA) is 102 Å². The first-order valence-electron chi connectivity index (χ1n) is 8.86. The SMILES string of the molecule is COc1ccc(CCC#Cc2ccc(CCC(C)(N)COP(=O)(O)O)s2)cc1. The van der Waals surface area contributed by atoms with Crippen molar-refractivity contribution in [3.63, 3.8) is 0 Å². The molecule has 8 heteroatoms. The molecule has 152 valence electrons. The third-order valence-corrected chi connectivity index (χ3v) is 5.60. The van der Waals surface area contributed by atoms with Gasteiger partial charge in [-0.2, -0.15) is 0 Å². The minimum atomic E-state index is -4.50. The van der Waals surface area contributed by atoms with Gasteiger partial charge in [-0.05, 0) is 56.0 Å². The van der Waals surface area contributed by atoms with Gasteiger partial charge < -0.3 is 20.3 Å². The maximum atomic E-state index is 10.8. The fourth-order valence-electron chi connectivity index (χ4n) is 2.44. The highest BCUT2D eigenvalue weighted by atomic mass is 32.1. The Morgan fingerprint density at radius 3 is 2.54 bits per heavy atom. The molecule has 1 aromatic carbocycles. The monoisotopic (exact) mass is 423 g/mol. The first-order valence-corrected chi connectivity index (χ1v) is 11.2. The van der Waals surface area contributed by atoms with E-state index in [0.29, 0.717) is 12.8 Å². The molecular weight excluding hydrogens is 397 g/mol. The van der Waals surface area contributed by atoms with Crippen LogP contribution in [-0.4, -0.2) is 29.0 Å². The summed E-state index contributed by atoms with van der Waals surface area (Å²) in [5.74, 6) is 7.23. The number of nitrogens with two attached hydrogens (primary N) is 1. The summed E-state index contributed by atoms with van der Waals surface area (Å²) >= 11 is 1.61. The van der Waals surface area contributed by atoms with Crippen LogP contribution in [0.5, 0.6) is 5.75 Å². The van der Waals surface area contributed by atoms with E-state index in [2.05, 4.69) is 16.4 Å². The number of ether oxygens (including phenoxy) is 1. The molecule has 1 aromatic heterocycles. The molecular formula is C20H26NO5PS. The molecule has 1 unspecified atom stereocenters. The molecule has 0 aliphatic carbocycles. The minimum absolute atomic E-state index is 0.194. The second-order valence-electron chi connectivity index (χ2n) is 6.83. The Kier molecular flexibility index (Phi) is 8.26. The van der Waals surface area contributed by atoms with E-state index in [-0.39, 0.29) is 6.61 Å². The third kappa shape index (κ3) is 8.57. The summed E-state index contributed by atoms with van der Waals surface area (Å²) in [4.78, 5) is 19.7. The van der Waals surface area contributed by atoms with Crippen LogP contribution in [0, 0.1) is 11.8 Å². The van der Waals surface area contributed by atoms with Crippen molar-refractivity contribution in [3.05, 3.63) is 51.7 Å². The summed E-state index contributed by atoms with van der Waals surface area (Å²) in [5.41, 5.74) is 6.46. The van der Waals surface area contributed by atoms with Gasteiger partial charge in [0.25, 0.3) is 0 Å². The number of phosphoric ester groups is 1. The van der Waals surface area contributed by atoms with E-state index in [1.165, 1.54) is 5.56 Å². The number of rotatable bonds is 9. The molecule has 0 radical (unpaired) electrons. The van der Waals surface area contributed by atoms with Gasteiger partial charge in [-0.1, -0.05) is 24.0 Å². The number of hydrogen-bond acceptors (Lipinski definition) is 5. The number of phosphoric acid groups is 1. The van der Waals surface area contributed by atoms with E-state index < -0.39 is 13.4 Å². The maximum absolute atomic E-state index is 10.8. The molecule has 1 atom stereocenters. The normalized spacial score (nSPS) is 13.5. The first-order chi connectivity index (χ1) is 13.2.